The molecule has 0 fully saturated rings. The van der Waals surface area contributed by atoms with Crippen LogP contribution < -0.4 is 15.6 Å². The van der Waals surface area contributed by atoms with Gasteiger partial charge in [-0.3, -0.25) is 20.4 Å². The number of hydrogen-bond donors (Lipinski definition) is 2. The van der Waals surface area contributed by atoms with Crippen molar-refractivity contribution in [1.82, 2.24) is 10.9 Å². The molecule has 28 heavy (non-hydrogen) atoms. The number of para-hydroxylation sites is 1. The van der Waals surface area contributed by atoms with Crippen LogP contribution in [0.25, 0.3) is 0 Å². The molecular formula is C21H20N2O3S2. The van der Waals surface area contributed by atoms with Gasteiger partial charge in [-0.1, -0.05) is 36.4 Å². The van der Waals surface area contributed by atoms with Gasteiger partial charge in [0.05, 0.1) is 5.75 Å². The van der Waals surface area contributed by atoms with Crippen molar-refractivity contribution in [3.63, 3.8) is 0 Å². The van der Waals surface area contributed by atoms with Gasteiger partial charge in [-0.2, -0.15) is 0 Å². The van der Waals surface area contributed by atoms with E-state index in [2.05, 4.69) is 10.9 Å². The van der Waals surface area contributed by atoms with Crippen molar-refractivity contribution < 1.29 is 14.3 Å². The van der Waals surface area contributed by atoms with Crippen LogP contribution in [-0.4, -0.2) is 17.6 Å². The minimum atomic E-state index is -0.355. The molecule has 0 atom stereocenters. The molecule has 0 spiro atoms. The standard InChI is InChI=1S/C21H20N2O3S2/c24-20(15-27-14-19-7-4-12-28-19)22-23-21(25)17-10-8-16(9-11-17)13-26-18-5-2-1-3-6-18/h1-12H,13-15H2,(H,22,24)(H,23,25). The van der Waals surface area contributed by atoms with Crippen LogP contribution in [0.5, 0.6) is 5.75 Å². The Morgan fingerprint density at radius 1 is 0.929 bits per heavy atom. The van der Waals surface area contributed by atoms with Gasteiger partial charge in [-0.25, -0.2) is 0 Å². The van der Waals surface area contributed by atoms with E-state index in [4.69, 9.17) is 4.74 Å². The monoisotopic (exact) mass is 412 g/mol. The number of thioether (sulfide) groups is 1. The molecule has 0 aliphatic rings. The van der Waals surface area contributed by atoms with Gasteiger partial charge in [-0.15, -0.1) is 23.1 Å². The van der Waals surface area contributed by atoms with Crippen molar-refractivity contribution in [2.75, 3.05) is 5.75 Å². The lowest BCUT2D eigenvalue weighted by Gasteiger charge is -2.09. The van der Waals surface area contributed by atoms with Crippen LogP contribution in [-0.2, 0) is 17.2 Å². The molecule has 5 nitrogen and oxygen atoms in total. The van der Waals surface area contributed by atoms with E-state index in [0.29, 0.717) is 12.2 Å². The van der Waals surface area contributed by atoms with Crippen molar-refractivity contribution in [3.05, 3.63) is 88.1 Å². The van der Waals surface area contributed by atoms with E-state index in [1.54, 1.807) is 23.5 Å². The molecule has 144 valence electrons. The molecule has 0 saturated heterocycles. The van der Waals surface area contributed by atoms with Gasteiger partial charge >= 0.3 is 0 Å². The SMILES string of the molecule is O=C(CSCc1cccs1)NNC(=O)c1ccc(COc2ccccc2)cc1. The zero-order chi connectivity index (χ0) is 19.6. The maximum atomic E-state index is 12.1. The molecule has 0 saturated carbocycles. The van der Waals surface area contributed by atoms with Crippen LogP contribution in [0, 0.1) is 0 Å². The third-order valence-electron chi connectivity index (χ3n) is 3.74. The lowest BCUT2D eigenvalue weighted by atomic mass is 10.1. The smallest absolute Gasteiger partial charge is 0.269 e. The van der Waals surface area contributed by atoms with Crippen molar-refractivity contribution in [2.45, 2.75) is 12.4 Å². The molecule has 3 aromatic rings. The van der Waals surface area contributed by atoms with Gasteiger partial charge in [-0.05, 0) is 41.3 Å². The molecule has 1 heterocycles. The minimum Gasteiger partial charge on any atom is -0.489 e. The van der Waals surface area contributed by atoms with Gasteiger partial charge in [0, 0.05) is 16.2 Å². The van der Waals surface area contributed by atoms with E-state index in [9.17, 15) is 9.59 Å². The molecule has 7 heteroatoms. The normalized spacial score (nSPS) is 10.3. The molecule has 2 N–H and O–H groups in total. The van der Waals surface area contributed by atoms with E-state index < -0.39 is 0 Å². The summed E-state index contributed by atoms with van der Waals surface area (Å²) in [6.07, 6.45) is 0. The molecule has 0 unspecified atom stereocenters. The van der Waals surface area contributed by atoms with E-state index >= 15 is 0 Å². The predicted molar refractivity (Wildman–Crippen MR) is 113 cm³/mol. The van der Waals surface area contributed by atoms with Crippen molar-refractivity contribution in [3.8, 4) is 5.75 Å². The first-order valence-electron chi connectivity index (χ1n) is 8.67. The first-order chi connectivity index (χ1) is 13.7. The Balaban J connectivity index is 1.38. The van der Waals surface area contributed by atoms with Crippen LogP contribution >= 0.6 is 23.1 Å². The van der Waals surface area contributed by atoms with Gasteiger partial charge in [0.1, 0.15) is 12.4 Å². The Bertz CT molecular complexity index is 882. The lowest BCUT2D eigenvalue weighted by Crippen LogP contribution is -2.42. The average Bonchev–Trinajstić information content (AvgIpc) is 3.25. The van der Waals surface area contributed by atoms with E-state index in [1.165, 1.54) is 16.6 Å². The van der Waals surface area contributed by atoms with E-state index in [1.807, 2.05) is 60.0 Å². The number of carbonyl (C=O) groups excluding carboxylic acids is 2. The maximum Gasteiger partial charge on any atom is 0.269 e. The Morgan fingerprint density at radius 3 is 2.43 bits per heavy atom. The highest BCUT2D eigenvalue weighted by atomic mass is 32.2. The summed E-state index contributed by atoms with van der Waals surface area (Å²) < 4.78 is 5.68. The second-order valence-electron chi connectivity index (χ2n) is 5.87. The highest BCUT2D eigenvalue weighted by molar-refractivity contribution is 7.99. The molecule has 2 amide bonds. The van der Waals surface area contributed by atoms with Crippen LogP contribution in [0.2, 0.25) is 0 Å². The van der Waals surface area contributed by atoms with Crippen molar-refractivity contribution >= 4 is 34.9 Å². The number of ether oxygens (including phenoxy) is 1. The molecule has 2 aromatic carbocycles. The number of benzene rings is 2. The van der Waals surface area contributed by atoms with Crippen molar-refractivity contribution in [2.24, 2.45) is 0 Å². The maximum absolute atomic E-state index is 12.1. The first kappa shape index (κ1) is 20.0. The summed E-state index contributed by atoms with van der Waals surface area (Å²) >= 11 is 3.17. The topological polar surface area (TPSA) is 67.4 Å². The Labute approximate surface area is 172 Å². The number of hydrogen-bond acceptors (Lipinski definition) is 5. The summed E-state index contributed by atoms with van der Waals surface area (Å²) in [5.74, 6) is 1.28. The highest BCUT2D eigenvalue weighted by Gasteiger charge is 2.08. The molecule has 1 aromatic heterocycles. The van der Waals surface area contributed by atoms with Gasteiger partial charge in [0.15, 0.2) is 0 Å². The Morgan fingerprint density at radius 2 is 1.71 bits per heavy atom. The van der Waals surface area contributed by atoms with E-state index in [-0.39, 0.29) is 17.6 Å². The molecule has 0 aliphatic carbocycles. The van der Waals surface area contributed by atoms with Gasteiger partial charge in [0.25, 0.3) is 5.91 Å². The highest BCUT2D eigenvalue weighted by Crippen LogP contribution is 2.16. The third-order valence-corrected chi connectivity index (χ3v) is 5.78. The van der Waals surface area contributed by atoms with Crippen molar-refractivity contribution in [1.29, 1.82) is 0 Å². The number of hydrazine groups is 1. The fraction of sp³-hybridized carbons (Fsp3) is 0.143. The predicted octanol–water partition coefficient (Wildman–Crippen LogP) is 4.02. The van der Waals surface area contributed by atoms with E-state index in [0.717, 1.165) is 17.1 Å². The molecule has 3 rings (SSSR count). The summed E-state index contributed by atoms with van der Waals surface area (Å²) in [4.78, 5) is 25.2. The van der Waals surface area contributed by atoms with Crippen LogP contribution in [0.3, 0.4) is 0 Å². The molecule has 0 bridgehead atoms. The lowest BCUT2D eigenvalue weighted by molar-refractivity contribution is -0.119. The first-order valence-corrected chi connectivity index (χ1v) is 10.7. The number of thiophene rings is 1. The third kappa shape index (κ3) is 6.44. The molecule has 0 aliphatic heterocycles. The second kappa shape index (κ2) is 10.5. The minimum absolute atomic E-state index is 0.234. The second-order valence-corrected chi connectivity index (χ2v) is 7.89. The summed E-state index contributed by atoms with van der Waals surface area (Å²) in [5.41, 5.74) is 6.30. The fourth-order valence-electron chi connectivity index (χ4n) is 2.31. The molecule has 0 radical (unpaired) electrons. The zero-order valence-corrected chi connectivity index (χ0v) is 16.7. The number of nitrogens with one attached hydrogen (secondary N) is 2. The fourth-order valence-corrected chi connectivity index (χ4v) is 3.98. The Kier molecular flexibility index (Phi) is 7.52. The van der Waals surface area contributed by atoms with Gasteiger partial charge in [0.2, 0.25) is 5.91 Å². The summed E-state index contributed by atoms with van der Waals surface area (Å²) in [7, 11) is 0. The number of rotatable bonds is 8. The summed E-state index contributed by atoms with van der Waals surface area (Å²) in [6.45, 7) is 0.421. The number of amides is 2. The van der Waals surface area contributed by atoms with Crippen LogP contribution in [0.15, 0.2) is 72.1 Å². The number of carbonyl (C=O) groups is 2. The Hall–Kier alpha value is -2.77. The van der Waals surface area contributed by atoms with Crippen LogP contribution in [0.4, 0.5) is 0 Å². The summed E-state index contributed by atoms with van der Waals surface area (Å²) in [6, 6.07) is 20.6. The molecular weight excluding hydrogens is 392 g/mol. The quantitative estimate of drug-likeness (QED) is 0.549. The van der Waals surface area contributed by atoms with Gasteiger partial charge < -0.3 is 4.74 Å². The van der Waals surface area contributed by atoms with Crippen LogP contribution in [0.1, 0.15) is 20.8 Å². The largest absolute Gasteiger partial charge is 0.489 e. The zero-order valence-electron chi connectivity index (χ0n) is 15.1. The summed E-state index contributed by atoms with van der Waals surface area (Å²) in [5, 5.41) is 2.01. The average molecular weight is 413 g/mol.